The fourth-order valence-electron chi connectivity index (χ4n) is 2.20. The molecule has 0 aromatic carbocycles. The molecule has 2 aromatic heterocycles. The molecule has 1 unspecified atom stereocenters. The highest BCUT2D eigenvalue weighted by Crippen LogP contribution is 2.25. The van der Waals surface area contributed by atoms with Crippen LogP contribution < -0.4 is 10.6 Å². The van der Waals surface area contributed by atoms with Crippen molar-refractivity contribution in [3.8, 4) is 0 Å². The third-order valence-corrected chi connectivity index (χ3v) is 4.11. The summed E-state index contributed by atoms with van der Waals surface area (Å²) in [7, 11) is 0. The SMILES string of the molecule is Cl.Cl.O=C(Nc1ccnc(Sc2ccccn2)c1)C1CCCN1. The molecule has 0 bridgehead atoms. The topological polar surface area (TPSA) is 66.9 Å². The number of halogens is 2. The summed E-state index contributed by atoms with van der Waals surface area (Å²) in [5, 5.41) is 7.81. The Balaban J connectivity index is 0.00000132. The molecule has 0 radical (unpaired) electrons. The lowest BCUT2D eigenvalue weighted by Crippen LogP contribution is -2.35. The number of carbonyl (C=O) groups is 1. The minimum absolute atomic E-state index is 0. The average molecular weight is 373 g/mol. The lowest BCUT2D eigenvalue weighted by atomic mass is 10.2. The Hall–Kier alpha value is -1.34. The summed E-state index contributed by atoms with van der Waals surface area (Å²) in [4.78, 5) is 20.6. The lowest BCUT2D eigenvalue weighted by Gasteiger charge is -2.11. The molecule has 1 fully saturated rings. The number of anilines is 1. The van der Waals surface area contributed by atoms with Gasteiger partial charge in [-0.2, -0.15) is 0 Å². The highest BCUT2D eigenvalue weighted by molar-refractivity contribution is 7.99. The van der Waals surface area contributed by atoms with Gasteiger partial charge in [0.2, 0.25) is 5.91 Å². The van der Waals surface area contributed by atoms with E-state index in [-0.39, 0.29) is 36.8 Å². The molecule has 1 saturated heterocycles. The fourth-order valence-corrected chi connectivity index (χ4v) is 2.97. The maximum atomic E-state index is 12.1. The molecule has 8 heteroatoms. The monoisotopic (exact) mass is 372 g/mol. The molecule has 0 spiro atoms. The number of pyridine rings is 2. The lowest BCUT2D eigenvalue weighted by molar-refractivity contribution is -0.117. The van der Waals surface area contributed by atoms with E-state index in [2.05, 4.69) is 20.6 Å². The third-order valence-electron chi connectivity index (χ3n) is 3.23. The first-order valence-electron chi connectivity index (χ1n) is 6.90. The van der Waals surface area contributed by atoms with Crippen LogP contribution in [0.1, 0.15) is 12.8 Å². The van der Waals surface area contributed by atoms with Crippen molar-refractivity contribution in [3.05, 3.63) is 42.7 Å². The van der Waals surface area contributed by atoms with E-state index in [0.29, 0.717) is 0 Å². The molecule has 3 heterocycles. The Morgan fingerprint density at radius 2 is 2.00 bits per heavy atom. The number of nitrogens with one attached hydrogen (secondary N) is 2. The summed E-state index contributed by atoms with van der Waals surface area (Å²) < 4.78 is 0. The number of hydrogen-bond donors (Lipinski definition) is 2. The molecule has 0 aliphatic carbocycles. The van der Waals surface area contributed by atoms with E-state index in [1.165, 1.54) is 11.8 Å². The van der Waals surface area contributed by atoms with E-state index in [1.807, 2.05) is 24.3 Å². The van der Waals surface area contributed by atoms with Gasteiger partial charge in [0, 0.05) is 18.1 Å². The van der Waals surface area contributed by atoms with E-state index in [4.69, 9.17) is 0 Å². The molecule has 3 rings (SSSR count). The van der Waals surface area contributed by atoms with E-state index >= 15 is 0 Å². The van der Waals surface area contributed by atoms with E-state index in [0.717, 1.165) is 35.1 Å². The highest BCUT2D eigenvalue weighted by atomic mass is 35.5. The van der Waals surface area contributed by atoms with Crippen LogP contribution in [-0.2, 0) is 4.79 Å². The van der Waals surface area contributed by atoms with Crippen LogP contribution in [0.2, 0.25) is 0 Å². The van der Waals surface area contributed by atoms with Crippen molar-refractivity contribution < 1.29 is 4.79 Å². The van der Waals surface area contributed by atoms with Crippen LogP contribution in [0.25, 0.3) is 0 Å². The van der Waals surface area contributed by atoms with Crippen LogP contribution >= 0.6 is 36.6 Å². The second kappa shape index (κ2) is 9.72. The number of carbonyl (C=O) groups excluding carboxylic acids is 1. The molecular formula is C15H18Cl2N4OS. The Labute approximate surface area is 151 Å². The second-order valence-corrected chi connectivity index (χ2v) is 5.83. The van der Waals surface area contributed by atoms with Crippen LogP contribution in [0.4, 0.5) is 5.69 Å². The van der Waals surface area contributed by atoms with Gasteiger partial charge in [-0.1, -0.05) is 17.8 Å². The van der Waals surface area contributed by atoms with E-state index in [1.54, 1.807) is 18.5 Å². The van der Waals surface area contributed by atoms with Crippen molar-refractivity contribution >= 4 is 48.2 Å². The number of hydrogen-bond acceptors (Lipinski definition) is 5. The molecule has 1 amide bonds. The van der Waals surface area contributed by atoms with Gasteiger partial charge in [0.1, 0.15) is 10.1 Å². The largest absolute Gasteiger partial charge is 0.325 e. The summed E-state index contributed by atoms with van der Waals surface area (Å²) in [6, 6.07) is 9.34. The fraction of sp³-hybridized carbons (Fsp3) is 0.267. The van der Waals surface area contributed by atoms with Crippen molar-refractivity contribution in [1.82, 2.24) is 15.3 Å². The van der Waals surface area contributed by atoms with Gasteiger partial charge in [0.05, 0.1) is 6.04 Å². The molecule has 1 atom stereocenters. The third kappa shape index (κ3) is 5.66. The number of rotatable bonds is 4. The Morgan fingerprint density at radius 3 is 2.70 bits per heavy atom. The summed E-state index contributed by atoms with van der Waals surface area (Å²) in [6.45, 7) is 0.912. The van der Waals surface area contributed by atoms with E-state index < -0.39 is 0 Å². The maximum absolute atomic E-state index is 12.1. The quantitative estimate of drug-likeness (QED) is 0.862. The second-order valence-electron chi connectivity index (χ2n) is 4.79. The van der Waals surface area contributed by atoms with Gasteiger partial charge in [0.25, 0.3) is 0 Å². The Bertz CT molecular complexity index is 624. The smallest absolute Gasteiger partial charge is 0.241 e. The number of amides is 1. The average Bonchev–Trinajstić information content (AvgIpc) is 3.03. The molecule has 2 N–H and O–H groups in total. The molecule has 5 nitrogen and oxygen atoms in total. The molecule has 1 aliphatic heterocycles. The normalized spacial score (nSPS) is 16.1. The van der Waals surface area contributed by atoms with E-state index in [9.17, 15) is 4.79 Å². The highest BCUT2D eigenvalue weighted by Gasteiger charge is 2.21. The first-order chi connectivity index (χ1) is 10.3. The minimum Gasteiger partial charge on any atom is -0.325 e. The van der Waals surface area contributed by atoms with Gasteiger partial charge < -0.3 is 10.6 Å². The summed E-state index contributed by atoms with van der Waals surface area (Å²) >= 11 is 1.47. The Kier molecular flexibility index (Phi) is 8.33. The van der Waals surface area contributed by atoms with Crippen LogP contribution in [-0.4, -0.2) is 28.5 Å². The molecule has 23 heavy (non-hydrogen) atoms. The standard InChI is InChI=1S/C15H16N4OS.2ClH/c20-15(12-4-3-8-16-12)19-11-6-9-18-14(10-11)21-13-5-1-2-7-17-13;;/h1-2,5-7,9-10,12,16H,3-4,8H2,(H,18,19,20);2*1H. The van der Waals surface area contributed by atoms with Gasteiger partial charge in [0.15, 0.2) is 0 Å². The van der Waals surface area contributed by atoms with Gasteiger partial charge in [-0.15, -0.1) is 24.8 Å². The van der Waals surface area contributed by atoms with Gasteiger partial charge >= 0.3 is 0 Å². The summed E-state index contributed by atoms with van der Waals surface area (Å²) in [5.41, 5.74) is 0.766. The zero-order chi connectivity index (χ0) is 14.5. The number of nitrogens with zero attached hydrogens (tertiary/aromatic N) is 2. The zero-order valence-electron chi connectivity index (χ0n) is 12.3. The predicted molar refractivity (Wildman–Crippen MR) is 96.7 cm³/mol. The first kappa shape index (κ1) is 19.7. The summed E-state index contributed by atoms with van der Waals surface area (Å²) in [6.07, 6.45) is 5.39. The zero-order valence-corrected chi connectivity index (χ0v) is 14.7. The molecular weight excluding hydrogens is 355 g/mol. The van der Waals surface area contributed by atoms with Crippen molar-refractivity contribution in [3.63, 3.8) is 0 Å². The van der Waals surface area contributed by atoms with Crippen molar-refractivity contribution in [1.29, 1.82) is 0 Å². The van der Waals surface area contributed by atoms with Gasteiger partial charge in [-0.05, 0) is 43.7 Å². The summed E-state index contributed by atoms with van der Waals surface area (Å²) in [5.74, 6) is 0.0208. The van der Waals surface area contributed by atoms with Crippen LogP contribution in [0.5, 0.6) is 0 Å². The first-order valence-corrected chi connectivity index (χ1v) is 7.72. The van der Waals surface area contributed by atoms with Crippen molar-refractivity contribution in [2.45, 2.75) is 28.9 Å². The molecule has 124 valence electrons. The molecule has 2 aromatic rings. The van der Waals surface area contributed by atoms with Crippen LogP contribution in [0.3, 0.4) is 0 Å². The van der Waals surface area contributed by atoms with Crippen LogP contribution in [0.15, 0.2) is 52.8 Å². The number of aromatic nitrogens is 2. The van der Waals surface area contributed by atoms with Gasteiger partial charge in [-0.25, -0.2) is 9.97 Å². The predicted octanol–water partition coefficient (Wildman–Crippen LogP) is 3.16. The van der Waals surface area contributed by atoms with Gasteiger partial charge in [-0.3, -0.25) is 4.79 Å². The molecule has 1 aliphatic rings. The van der Waals surface area contributed by atoms with Crippen molar-refractivity contribution in [2.24, 2.45) is 0 Å². The van der Waals surface area contributed by atoms with Crippen LogP contribution in [0, 0.1) is 0 Å². The van der Waals surface area contributed by atoms with Crippen molar-refractivity contribution in [2.75, 3.05) is 11.9 Å². The molecule has 0 saturated carbocycles. The maximum Gasteiger partial charge on any atom is 0.241 e. The Morgan fingerprint density at radius 1 is 1.17 bits per heavy atom. The minimum atomic E-state index is -0.0786.